The van der Waals surface area contributed by atoms with Gasteiger partial charge in [0.25, 0.3) is 0 Å². The number of anilines is 1. The van der Waals surface area contributed by atoms with Crippen molar-refractivity contribution in [3.05, 3.63) is 42.0 Å². The van der Waals surface area contributed by atoms with E-state index >= 15 is 0 Å². The smallest absolute Gasteiger partial charge is 0.304 e. The third-order valence-corrected chi connectivity index (χ3v) is 4.15. The topological polar surface area (TPSA) is 40.5 Å². The zero-order valence-electron chi connectivity index (χ0n) is 11.0. The summed E-state index contributed by atoms with van der Waals surface area (Å²) in [6.45, 7) is 0.834. The maximum atomic E-state index is 11.0. The number of hydrogen-bond acceptors (Lipinski definition) is 2. The van der Waals surface area contributed by atoms with E-state index in [-0.39, 0.29) is 12.3 Å². The third-order valence-electron chi connectivity index (χ3n) is 4.15. The first-order valence-corrected chi connectivity index (χ1v) is 7.00. The van der Waals surface area contributed by atoms with E-state index in [1.165, 1.54) is 30.5 Å². The van der Waals surface area contributed by atoms with Gasteiger partial charge in [-0.25, -0.2) is 0 Å². The van der Waals surface area contributed by atoms with Gasteiger partial charge in [-0.15, -0.1) is 0 Å². The molecule has 0 saturated heterocycles. The van der Waals surface area contributed by atoms with Gasteiger partial charge in [0.15, 0.2) is 0 Å². The van der Waals surface area contributed by atoms with Gasteiger partial charge in [0.2, 0.25) is 0 Å². The van der Waals surface area contributed by atoms with Crippen LogP contribution in [0.1, 0.15) is 37.2 Å². The lowest BCUT2D eigenvalue weighted by Gasteiger charge is -2.30. The van der Waals surface area contributed by atoms with Gasteiger partial charge in [0, 0.05) is 24.2 Å². The molecular weight excluding hydrogens is 238 g/mol. The molecule has 3 heteroatoms. The second-order valence-corrected chi connectivity index (χ2v) is 5.43. The van der Waals surface area contributed by atoms with Crippen LogP contribution in [0.5, 0.6) is 0 Å². The highest BCUT2D eigenvalue weighted by Crippen LogP contribution is 2.40. The van der Waals surface area contributed by atoms with Crippen LogP contribution >= 0.6 is 0 Å². The lowest BCUT2D eigenvalue weighted by atomic mass is 9.98. The first-order valence-electron chi connectivity index (χ1n) is 7.00. The summed E-state index contributed by atoms with van der Waals surface area (Å²) in [6, 6.07) is 8.69. The molecule has 19 heavy (non-hydrogen) atoms. The minimum absolute atomic E-state index is 0.129. The molecule has 0 aromatic heterocycles. The van der Waals surface area contributed by atoms with Crippen LogP contribution in [0.4, 0.5) is 5.69 Å². The van der Waals surface area contributed by atoms with Gasteiger partial charge in [0.05, 0.1) is 6.42 Å². The maximum absolute atomic E-state index is 11.0. The summed E-state index contributed by atoms with van der Waals surface area (Å²) in [5.74, 6) is -0.579. The minimum Gasteiger partial charge on any atom is -0.481 e. The number of carboxylic acid groups (broad SMARTS) is 1. The molecule has 1 aromatic carbocycles. The Labute approximate surface area is 113 Å². The molecular formula is C16H19NO2. The molecule has 2 unspecified atom stereocenters. The Morgan fingerprint density at radius 1 is 1.37 bits per heavy atom. The molecule has 0 bridgehead atoms. The zero-order chi connectivity index (χ0) is 13.2. The minimum atomic E-state index is -0.708. The molecule has 0 radical (unpaired) electrons. The van der Waals surface area contributed by atoms with E-state index in [2.05, 4.69) is 29.2 Å². The summed E-state index contributed by atoms with van der Waals surface area (Å²) in [6.07, 6.45) is 8.33. The predicted octanol–water partition coefficient (Wildman–Crippen LogP) is 3.17. The Morgan fingerprint density at radius 3 is 2.95 bits per heavy atom. The van der Waals surface area contributed by atoms with Crippen molar-refractivity contribution in [1.82, 2.24) is 0 Å². The molecule has 0 saturated carbocycles. The lowest BCUT2D eigenvalue weighted by molar-refractivity contribution is -0.137. The molecule has 0 fully saturated rings. The number of para-hydroxylation sites is 1. The second-order valence-electron chi connectivity index (χ2n) is 5.43. The summed E-state index contributed by atoms with van der Waals surface area (Å²) in [4.78, 5) is 13.4. The van der Waals surface area contributed by atoms with Crippen molar-refractivity contribution in [3.8, 4) is 0 Å². The van der Waals surface area contributed by atoms with E-state index in [4.69, 9.17) is 5.11 Å². The quantitative estimate of drug-likeness (QED) is 0.845. The molecule has 1 aliphatic carbocycles. The van der Waals surface area contributed by atoms with Crippen LogP contribution in [0.2, 0.25) is 0 Å². The molecule has 0 amide bonds. The Hall–Kier alpha value is -1.77. The van der Waals surface area contributed by atoms with Crippen LogP contribution in [0, 0.1) is 0 Å². The fraction of sp³-hybridized carbons (Fsp3) is 0.438. The van der Waals surface area contributed by atoms with E-state index in [0.29, 0.717) is 6.04 Å². The number of nitrogens with zero attached hydrogens (tertiary/aromatic N) is 1. The van der Waals surface area contributed by atoms with Crippen molar-refractivity contribution in [2.45, 2.75) is 37.6 Å². The Balaban J connectivity index is 1.89. The third kappa shape index (κ3) is 2.37. The van der Waals surface area contributed by atoms with E-state index in [0.717, 1.165) is 6.54 Å². The van der Waals surface area contributed by atoms with Crippen molar-refractivity contribution in [2.75, 3.05) is 11.4 Å². The molecule has 3 rings (SSSR count). The molecule has 2 atom stereocenters. The van der Waals surface area contributed by atoms with E-state index in [1.54, 1.807) is 0 Å². The SMILES string of the molecule is O=C(O)CC1CN(C2C=CCCC2)c2ccccc21. The van der Waals surface area contributed by atoms with Gasteiger partial charge in [-0.05, 0) is 30.9 Å². The van der Waals surface area contributed by atoms with Gasteiger partial charge in [-0.2, -0.15) is 0 Å². The number of hydrogen-bond donors (Lipinski definition) is 1. The van der Waals surface area contributed by atoms with Crippen LogP contribution in [0.15, 0.2) is 36.4 Å². The second kappa shape index (κ2) is 5.08. The number of aliphatic carboxylic acids is 1. The van der Waals surface area contributed by atoms with Gasteiger partial charge in [0.1, 0.15) is 0 Å². The normalized spacial score (nSPS) is 25.4. The molecule has 1 aromatic rings. The largest absolute Gasteiger partial charge is 0.481 e. The Kier molecular flexibility index (Phi) is 3.28. The molecule has 1 N–H and O–H groups in total. The van der Waals surface area contributed by atoms with Crippen molar-refractivity contribution < 1.29 is 9.90 Å². The Morgan fingerprint density at radius 2 is 2.21 bits per heavy atom. The molecule has 100 valence electrons. The average Bonchev–Trinajstić information content (AvgIpc) is 2.78. The van der Waals surface area contributed by atoms with Crippen LogP contribution in [-0.2, 0) is 4.79 Å². The van der Waals surface area contributed by atoms with E-state index in [9.17, 15) is 4.79 Å². The summed E-state index contributed by atoms with van der Waals surface area (Å²) in [7, 11) is 0. The van der Waals surface area contributed by atoms with Crippen molar-refractivity contribution >= 4 is 11.7 Å². The van der Waals surface area contributed by atoms with E-state index in [1.807, 2.05) is 12.1 Å². The fourth-order valence-corrected chi connectivity index (χ4v) is 3.28. The van der Waals surface area contributed by atoms with Gasteiger partial charge < -0.3 is 10.0 Å². The van der Waals surface area contributed by atoms with Crippen LogP contribution in [0.3, 0.4) is 0 Å². The standard InChI is InChI=1S/C16H19NO2/c18-16(19)10-12-11-17(13-6-2-1-3-7-13)15-9-5-4-8-14(12)15/h2,4-6,8-9,12-13H,1,3,7,10-11H2,(H,18,19). The first kappa shape index (κ1) is 12.3. The van der Waals surface area contributed by atoms with E-state index < -0.39 is 5.97 Å². The molecule has 3 nitrogen and oxygen atoms in total. The molecule has 1 aliphatic heterocycles. The number of rotatable bonds is 3. The number of benzene rings is 1. The summed E-state index contributed by atoms with van der Waals surface area (Å²) < 4.78 is 0. The number of fused-ring (bicyclic) bond motifs is 1. The van der Waals surface area contributed by atoms with Gasteiger partial charge in [-0.3, -0.25) is 4.79 Å². The predicted molar refractivity (Wildman–Crippen MR) is 75.6 cm³/mol. The maximum Gasteiger partial charge on any atom is 0.304 e. The van der Waals surface area contributed by atoms with Crippen LogP contribution in [-0.4, -0.2) is 23.7 Å². The van der Waals surface area contributed by atoms with Crippen LogP contribution < -0.4 is 4.90 Å². The number of carboxylic acids is 1. The summed E-state index contributed by atoms with van der Waals surface area (Å²) in [5.41, 5.74) is 2.43. The summed E-state index contributed by atoms with van der Waals surface area (Å²) >= 11 is 0. The number of allylic oxidation sites excluding steroid dienone is 1. The molecule has 2 aliphatic rings. The average molecular weight is 257 g/mol. The zero-order valence-corrected chi connectivity index (χ0v) is 11.0. The van der Waals surface area contributed by atoms with Crippen molar-refractivity contribution in [1.29, 1.82) is 0 Å². The number of carbonyl (C=O) groups is 1. The van der Waals surface area contributed by atoms with Gasteiger partial charge >= 0.3 is 5.97 Å². The Bertz CT molecular complexity index is 509. The van der Waals surface area contributed by atoms with Gasteiger partial charge in [-0.1, -0.05) is 30.4 Å². The lowest BCUT2D eigenvalue weighted by Crippen LogP contribution is -2.34. The highest BCUT2D eigenvalue weighted by Gasteiger charge is 2.33. The molecule has 0 spiro atoms. The first-order chi connectivity index (χ1) is 9.25. The highest BCUT2D eigenvalue weighted by atomic mass is 16.4. The van der Waals surface area contributed by atoms with Crippen LogP contribution in [0.25, 0.3) is 0 Å². The molecule has 1 heterocycles. The highest BCUT2D eigenvalue weighted by molar-refractivity contribution is 5.71. The fourth-order valence-electron chi connectivity index (χ4n) is 3.28. The van der Waals surface area contributed by atoms with Crippen molar-refractivity contribution in [2.24, 2.45) is 0 Å². The monoisotopic (exact) mass is 257 g/mol. The summed E-state index contributed by atoms with van der Waals surface area (Å²) in [5, 5.41) is 9.06. The van der Waals surface area contributed by atoms with Crippen molar-refractivity contribution in [3.63, 3.8) is 0 Å².